The number of carboxylic acid groups (broad SMARTS) is 2. The molecule has 10 nitrogen and oxygen atoms in total. The highest BCUT2D eigenvalue weighted by molar-refractivity contribution is 7.17. The maximum Gasteiger partial charge on any atom is 0.349 e. The fraction of sp³-hybridized carbons (Fsp3) is 0.0556. The van der Waals surface area contributed by atoms with Crippen LogP contribution in [0, 0.1) is 6.92 Å². The highest BCUT2D eigenvalue weighted by atomic mass is 35.5. The number of rotatable bonds is 8. The predicted molar refractivity (Wildman–Crippen MR) is 192 cm³/mol. The zero-order valence-electron chi connectivity index (χ0n) is 26.0. The minimum atomic E-state index is -1.13. The lowest BCUT2D eigenvalue weighted by Gasteiger charge is -2.16. The van der Waals surface area contributed by atoms with Crippen molar-refractivity contribution in [2.75, 3.05) is 17.3 Å². The molecule has 0 fully saturated rings. The zero-order chi connectivity index (χ0) is 35.1. The summed E-state index contributed by atoms with van der Waals surface area (Å²) in [6.07, 6.45) is 0. The van der Waals surface area contributed by atoms with E-state index in [0.29, 0.717) is 20.6 Å². The summed E-state index contributed by atoms with van der Waals surface area (Å²) in [5.74, 6) is -2.88. The minimum Gasteiger partial charge on any atom is -0.477 e. The summed E-state index contributed by atoms with van der Waals surface area (Å²) in [6, 6.07) is 32.2. The van der Waals surface area contributed by atoms with Crippen LogP contribution in [0.15, 0.2) is 109 Å². The molecular weight excluding hydrogens is 684 g/mol. The molecule has 6 rings (SSSR count). The third-order valence-corrected chi connectivity index (χ3v) is 9.41. The van der Waals surface area contributed by atoms with Crippen molar-refractivity contribution < 1.29 is 29.4 Å². The molecule has 0 spiro atoms. The lowest BCUT2D eigenvalue weighted by molar-refractivity contribution is 0.0691. The standard InChI is InChI=1S/C18H13ClN2O3S.C18H14N2O3S/c1-21(17(22)12-9-5-6-10-13(12)19)15-14(18(23)24)25-16(20-15)11-7-3-2-4-8-11;1-11-6-5-9-13(10-11)16(21)19-15-14(18(22)23)24-17(20-15)12-7-3-2-4-8-12/h2-10H,1H3,(H,23,24);2-10H,1H3,(H,19,21)(H,22,23). The number of carboxylic acids is 2. The molecular formula is C36H27ClN4O6S2. The Bertz CT molecular complexity index is 2150. The second-order valence-electron chi connectivity index (χ2n) is 10.4. The number of aryl methyl sites for hydroxylation is 1. The highest BCUT2D eigenvalue weighted by Crippen LogP contribution is 2.34. The Morgan fingerprint density at radius 1 is 0.714 bits per heavy atom. The van der Waals surface area contributed by atoms with E-state index >= 15 is 0 Å². The second-order valence-corrected chi connectivity index (χ2v) is 12.8. The van der Waals surface area contributed by atoms with Crippen LogP contribution < -0.4 is 10.2 Å². The third-order valence-electron chi connectivity index (χ3n) is 6.91. The largest absolute Gasteiger partial charge is 0.477 e. The molecule has 2 heterocycles. The predicted octanol–water partition coefficient (Wildman–Crippen LogP) is 8.51. The Hall–Kier alpha value is -5.69. The van der Waals surface area contributed by atoms with E-state index in [1.54, 1.807) is 42.5 Å². The summed E-state index contributed by atoms with van der Waals surface area (Å²) in [5.41, 5.74) is 3.29. The van der Waals surface area contributed by atoms with E-state index in [1.807, 2.05) is 73.7 Å². The van der Waals surface area contributed by atoms with Crippen LogP contribution in [0.25, 0.3) is 21.1 Å². The number of aromatic carboxylic acids is 2. The summed E-state index contributed by atoms with van der Waals surface area (Å²) < 4.78 is 0. The van der Waals surface area contributed by atoms with E-state index in [1.165, 1.54) is 11.9 Å². The number of thiazole rings is 2. The molecule has 0 bridgehead atoms. The lowest BCUT2D eigenvalue weighted by atomic mass is 10.1. The monoisotopic (exact) mass is 710 g/mol. The Kier molecular flexibility index (Phi) is 10.9. The van der Waals surface area contributed by atoms with Crippen molar-refractivity contribution >= 4 is 69.7 Å². The Labute approximate surface area is 293 Å². The number of hydrogen-bond acceptors (Lipinski definition) is 8. The summed E-state index contributed by atoms with van der Waals surface area (Å²) in [6.45, 7) is 1.88. The molecule has 0 aliphatic rings. The van der Waals surface area contributed by atoms with Crippen LogP contribution >= 0.6 is 34.3 Å². The number of anilines is 2. The molecule has 0 saturated carbocycles. The average Bonchev–Trinajstić information content (AvgIpc) is 3.75. The number of amides is 2. The maximum absolute atomic E-state index is 12.7. The number of nitrogens with one attached hydrogen (secondary N) is 1. The topological polar surface area (TPSA) is 150 Å². The van der Waals surface area contributed by atoms with Crippen molar-refractivity contribution in [3.8, 4) is 21.1 Å². The summed E-state index contributed by atoms with van der Waals surface area (Å²) in [7, 11) is 1.49. The quantitative estimate of drug-likeness (QED) is 0.142. The SMILES string of the molecule is CN(C(=O)c1ccccc1Cl)c1nc(-c2ccccc2)sc1C(=O)O.Cc1cccc(C(=O)Nc2nc(-c3ccccc3)sc2C(=O)O)c1. The molecule has 246 valence electrons. The van der Waals surface area contributed by atoms with Crippen molar-refractivity contribution in [1.29, 1.82) is 0 Å². The number of nitrogens with zero attached hydrogens (tertiary/aromatic N) is 3. The number of benzene rings is 4. The fourth-order valence-corrected chi connectivity index (χ4v) is 6.54. The maximum atomic E-state index is 12.7. The molecule has 6 aromatic rings. The Morgan fingerprint density at radius 2 is 1.27 bits per heavy atom. The summed E-state index contributed by atoms with van der Waals surface area (Å²) in [4.78, 5) is 58.0. The molecule has 0 radical (unpaired) electrons. The van der Waals surface area contributed by atoms with Gasteiger partial charge in [-0.2, -0.15) is 0 Å². The first-order chi connectivity index (χ1) is 23.5. The number of halogens is 1. The van der Waals surface area contributed by atoms with Crippen molar-refractivity contribution in [2.24, 2.45) is 0 Å². The van der Waals surface area contributed by atoms with E-state index in [-0.39, 0.29) is 32.9 Å². The molecule has 13 heteroatoms. The van der Waals surface area contributed by atoms with Crippen molar-refractivity contribution in [3.63, 3.8) is 0 Å². The zero-order valence-corrected chi connectivity index (χ0v) is 28.3. The molecule has 2 amide bonds. The van der Waals surface area contributed by atoms with Gasteiger partial charge in [-0.15, -0.1) is 22.7 Å². The number of carbonyl (C=O) groups is 4. The molecule has 2 aromatic heterocycles. The molecule has 49 heavy (non-hydrogen) atoms. The fourth-order valence-electron chi connectivity index (χ4n) is 4.51. The highest BCUT2D eigenvalue weighted by Gasteiger charge is 2.26. The van der Waals surface area contributed by atoms with Crippen molar-refractivity contribution in [2.45, 2.75) is 6.92 Å². The average molecular weight is 711 g/mol. The van der Waals surface area contributed by atoms with Gasteiger partial charge in [-0.3, -0.25) is 14.5 Å². The first kappa shape index (κ1) is 34.6. The van der Waals surface area contributed by atoms with Gasteiger partial charge >= 0.3 is 11.9 Å². The number of aromatic nitrogens is 2. The van der Waals surface area contributed by atoms with E-state index in [4.69, 9.17) is 11.6 Å². The van der Waals surface area contributed by atoms with Crippen LogP contribution in [0.2, 0.25) is 5.02 Å². The van der Waals surface area contributed by atoms with Gasteiger partial charge < -0.3 is 15.5 Å². The van der Waals surface area contributed by atoms with E-state index in [9.17, 15) is 29.4 Å². The third kappa shape index (κ3) is 8.25. The van der Waals surface area contributed by atoms with Gasteiger partial charge in [0, 0.05) is 23.7 Å². The number of hydrogen-bond donors (Lipinski definition) is 3. The van der Waals surface area contributed by atoms with Gasteiger partial charge in [-0.25, -0.2) is 19.6 Å². The molecule has 0 aliphatic carbocycles. The van der Waals surface area contributed by atoms with E-state index in [2.05, 4.69) is 15.3 Å². The van der Waals surface area contributed by atoms with Gasteiger partial charge in [0.15, 0.2) is 21.4 Å². The Balaban J connectivity index is 0.000000191. The second kappa shape index (κ2) is 15.5. The van der Waals surface area contributed by atoms with Gasteiger partial charge in [0.05, 0.1) is 10.6 Å². The first-order valence-corrected chi connectivity index (χ1v) is 16.5. The van der Waals surface area contributed by atoms with Crippen LogP contribution in [-0.4, -0.2) is 51.0 Å². The van der Waals surface area contributed by atoms with E-state index < -0.39 is 17.8 Å². The van der Waals surface area contributed by atoms with E-state index in [0.717, 1.165) is 39.4 Å². The first-order valence-electron chi connectivity index (χ1n) is 14.5. The van der Waals surface area contributed by atoms with Crippen molar-refractivity contribution in [3.05, 3.63) is 141 Å². The van der Waals surface area contributed by atoms with Gasteiger partial charge in [-0.1, -0.05) is 102 Å². The van der Waals surface area contributed by atoms with Crippen LogP contribution in [0.4, 0.5) is 11.6 Å². The van der Waals surface area contributed by atoms with Crippen molar-refractivity contribution in [1.82, 2.24) is 9.97 Å². The van der Waals surface area contributed by atoms with Gasteiger partial charge in [0.2, 0.25) is 0 Å². The minimum absolute atomic E-state index is 0.00163. The molecule has 0 saturated heterocycles. The summed E-state index contributed by atoms with van der Waals surface area (Å²) in [5, 5.41) is 22.8. The van der Waals surface area contributed by atoms with Crippen LogP contribution in [-0.2, 0) is 0 Å². The van der Waals surface area contributed by atoms with Gasteiger partial charge in [0.1, 0.15) is 10.0 Å². The van der Waals surface area contributed by atoms with Crippen LogP contribution in [0.5, 0.6) is 0 Å². The smallest absolute Gasteiger partial charge is 0.349 e. The summed E-state index contributed by atoms with van der Waals surface area (Å²) >= 11 is 8.14. The molecule has 4 aromatic carbocycles. The van der Waals surface area contributed by atoms with Gasteiger partial charge in [0.25, 0.3) is 11.8 Å². The van der Waals surface area contributed by atoms with Crippen LogP contribution in [0.3, 0.4) is 0 Å². The molecule has 3 N–H and O–H groups in total. The lowest BCUT2D eigenvalue weighted by Crippen LogP contribution is -2.28. The van der Waals surface area contributed by atoms with Crippen LogP contribution in [0.1, 0.15) is 45.6 Å². The Morgan fingerprint density at radius 3 is 1.84 bits per heavy atom. The van der Waals surface area contributed by atoms with Gasteiger partial charge in [-0.05, 0) is 31.2 Å². The molecule has 0 aliphatic heterocycles. The molecule has 0 atom stereocenters. The number of carbonyl (C=O) groups excluding carboxylic acids is 2. The normalized spacial score (nSPS) is 10.4. The molecule has 0 unspecified atom stereocenters.